The third-order valence-corrected chi connectivity index (χ3v) is 5.29. The van der Waals surface area contributed by atoms with E-state index < -0.39 is 0 Å². The molecule has 3 fully saturated rings. The highest BCUT2D eigenvalue weighted by Gasteiger charge is 2.50. The molecular formula is C14H24N4. The fourth-order valence-electron chi connectivity index (χ4n) is 4.14. The first-order valence-electron chi connectivity index (χ1n) is 7.34. The molecule has 0 radical (unpaired) electrons. The molecule has 0 aliphatic carbocycles. The van der Waals surface area contributed by atoms with E-state index in [4.69, 9.17) is 0 Å². The third-order valence-electron chi connectivity index (χ3n) is 5.29. The molecule has 0 amide bonds. The van der Waals surface area contributed by atoms with Crippen LogP contribution in [0.5, 0.6) is 0 Å². The zero-order chi connectivity index (χ0) is 12.6. The molecule has 1 N–H and O–H groups in total. The maximum atomic E-state index is 9.80. The highest BCUT2D eigenvalue weighted by atomic mass is 15.3. The highest BCUT2D eigenvalue weighted by molar-refractivity contribution is 5.17. The van der Waals surface area contributed by atoms with Gasteiger partial charge in [-0.15, -0.1) is 0 Å². The number of fused-ring (bicyclic) bond motifs is 2. The number of hydrogen-bond acceptors (Lipinski definition) is 4. The zero-order valence-electron chi connectivity index (χ0n) is 11.4. The predicted octanol–water partition coefficient (Wildman–Crippen LogP) is 0.801. The monoisotopic (exact) mass is 248 g/mol. The average Bonchev–Trinajstić information content (AvgIpc) is 2.67. The molecule has 3 heterocycles. The summed E-state index contributed by atoms with van der Waals surface area (Å²) in [6.07, 6.45) is 5.86. The van der Waals surface area contributed by atoms with Gasteiger partial charge in [-0.3, -0.25) is 4.90 Å². The number of nitrogens with one attached hydrogen (secondary N) is 1. The Morgan fingerprint density at radius 3 is 2.56 bits per heavy atom. The molecule has 4 heteroatoms. The van der Waals surface area contributed by atoms with Crippen molar-refractivity contribution in [3.05, 3.63) is 0 Å². The van der Waals surface area contributed by atoms with E-state index in [2.05, 4.69) is 28.2 Å². The van der Waals surface area contributed by atoms with E-state index in [-0.39, 0.29) is 5.54 Å². The molecule has 3 aliphatic heterocycles. The largest absolute Gasteiger partial charge is 0.315 e. The Kier molecular flexibility index (Phi) is 3.31. The van der Waals surface area contributed by atoms with Gasteiger partial charge in [-0.1, -0.05) is 0 Å². The minimum Gasteiger partial charge on any atom is -0.315 e. The second kappa shape index (κ2) is 4.80. The van der Waals surface area contributed by atoms with Crippen molar-refractivity contribution in [1.82, 2.24) is 15.1 Å². The van der Waals surface area contributed by atoms with Crippen molar-refractivity contribution in [2.75, 3.05) is 33.2 Å². The molecule has 0 saturated carbocycles. The molecule has 0 aromatic heterocycles. The van der Waals surface area contributed by atoms with Gasteiger partial charge in [-0.05, 0) is 45.7 Å². The van der Waals surface area contributed by atoms with Crippen molar-refractivity contribution in [3.8, 4) is 6.07 Å². The first-order chi connectivity index (χ1) is 8.75. The predicted molar refractivity (Wildman–Crippen MR) is 71.2 cm³/mol. The molecule has 0 spiro atoms. The topological polar surface area (TPSA) is 42.3 Å². The van der Waals surface area contributed by atoms with Crippen LogP contribution in [0.2, 0.25) is 0 Å². The minimum atomic E-state index is -0.176. The van der Waals surface area contributed by atoms with Crippen LogP contribution in [-0.4, -0.2) is 60.6 Å². The van der Waals surface area contributed by atoms with Crippen LogP contribution in [0.4, 0.5) is 0 Å². The fourth-order valence-corrected chi connectivity index (χ4v) is 4.14. The number of piperidine rings is 1. The summed E-state index contributed by atoms with van der Waals surface area (Å²) >= 11 is 0. The number of nitriles is 1. The van der Waals surface area contributed by atoms with Gasteiger partial charge in [0.1, 0.15) is 5.54 Å². The molecule has 3 rings (SSSR count). The lowest BCUT2D eigenvalue weighted by Crippen LogP contribution is -2.58. The number of nitrogens with zero attached hydrogens (tertiary/aromatic N) is 3. The summed E-state index contributed by atoms with van der Waals surface area (Å²) in [5.74, 6) is 0. The van der Waals surface area contributed by atoms with E-state index in [1.807, 2.05) is 0 Å². The average molecular weight is 248 g/mol. The van der Waals surface area contributed by atoms with Crippen LogP contribution in [0.3, 0.4) is 0 Å². The first-order valence-corrected chi connectivity index (χ1v) is 7.34. The summed E-state index contributed by atoms with van der Waals surface area (Å²) in [4.78, 5) is 5.00. The SMILES string of the molecule is CN1C2CCC1CC(C#N)(N1CCCNCC1)C2. The lowest BCUT2D eigenvalue weighted by molar-refractivity contribution is 0.0356. The van der Waals surface area contributed by atoms with Crippen molar-refractivity contribution in [2.24, 2.45) is 0 Å². The zero-order valence-corrected chi connectivity index (χ0v) is 11.4. The second-order valence-corrected chi connectivity index (χ2v) is 6.19. The Morgan fingerprint density at radius 1 is 1.17 bits per heavy atom. The van der Waals surface area contributed by atoms with Crippen molar-refractivity contribution in [2.45, 2.75) is 49.7 Å². The lowest BCUT2D eigenvalue weighted by Gasteiger charge is -2.47. The second-order valence-electron chi connectivity index (χ2n) is 6.19. The van der Waals surface area contributed by atoms with Crippen LogP contribution in [0.1, 0.15) is 32.1 Å². The Balaban J connectivity index is 1.80. The van der Waals surface area contributed by atoms with E-state index in [0.717, 1.165) is 39.0 Å². The molecule has 0 aromatic rings. The van der Waals surface area contributed by atoms with E-state index >= 15 is 0 Å². The van der Waals surface area contributed by atoms with Crippen molar-refractivity contribution >= 4 is 0 Å². The van der Waals surface area contributed by atoms with Gasteiger partial charge in [-0.25, -0.2) is 0 Å². The van der Waals surface area contributed by atoms with E-state index in [1.165, 1.54) is 19.3 Å². The third kappa shape index (κ3) is 1.95. The normalized spacial score (nSPS) is 42.4. The molecule has 100 valence electrons. The molecule has 2 unspecified atom stereocenters. The van der Waals surface area contributed by atoms with Gasteiger partial charge < -0.3 is 10.2 Å². The Bertz CT molecular complexity index is 326. The molecule has 18 heavy (non-hydrogen) atoms. The number of rotatable bonds is 1. The van der Waals surface area contributed by atoms with Crippen LogP contribution in [0, 0.1) is 11.3 Å². The van der Waals surface area contributed by atoms with Gasteiger partial charge in [0.05, 0.1) is 6.07 Å². The standard InChI is InChI=1S/C14H24N4/c1-17-12-3-4-13(17)10-14(9-12,11-15)18-7-2-5-16-6-8-18/h12-13,16H,2-10H2,1H3. The van der Waals surface area contributed by atoms with E-state index in [9.17, 15) is 5.26 Å². The van der Waals surface area contributed by atoms with Crippen LogP contribution in [-0.2, 0) is 0 Å². The van der Waals surface area contributed by atoms with Crippen LogP contribution in [0.15, 0.2) is 0 Å². The molecule has 0 aromatic carbocycles. The van der Waals surface area contributed by atoms with Crippen molar-refractivity contribution in [1.29, 1.82) is 5.26 Å². The first kappa shape index (κ1) is 12.4. The number of hydrogen-bond donors (Lipinski definition) is 1. The van der Waals surface area contributed by atoms with Gasteiger partial charge in [-0.2, -0.15) is 5.26 Å². The van der Waals surface area contributed by atoms with E-state index in [1.54, 1.807) is 0 Å². The van der Waals surface area contributed by atoms with E-state index in [0.29, 0.717) is 12.1 Å². The smallest absolute Gasteiger partial charge is 0.112 e. The quantitative estimate of drug-likeness (QED) is 0.745. The summed E-state index contributed by atoms with van der Waals surface area (Å²) in [6, 6.07) is 3.98. The Hall–Kier alpha value is -0.630. The highest BCUT2D eigenvalue weighted by Crippen LogP contribution is 2.42. The van der Waals surface area contributed by atoms with Crippen molar-refractivity contribution in [3.63, 3.8) is 0 Å². The van der Waals surface area contributed by atoms with Crippen LogP contribution >= 0.6 is 0 Å². The van der Waals surface area contributed by atoms with Gasteiger partial charge in [0.15, 0.2) is 0 Å². The molecule has 3 saturated heterocycles. The maximum absolute atomic E-state index is 9.80. The lowest BCUT2D eigenvalue weighted by atomic mass is 9.82. The van der Waals surface area contributed by atoms with Gasteiger partial charge >= 0.3 is 0 Å². The summed E-state index contributed by atoms with van der Waals surface area (Å²) in [7, 11) is 2.24. The minimum absolute atomic E-state index is 0.176. The van der Waals surface area contributed by atoms with Crippen LogP contribution in [0.25, 0.3) is 0 Å². The maximum Gasteiger partial charge on any atom is 0.112 e. The summed E-state index contributed by atoms with van der Waals surface area (Å²) in [5.41, 5.74) is -0.176. The summed E-state index contributed by atoms with van der Waals surface area (Å²) in [5, 5.41) is 13.2. The Labute approximate surface area is 110 Å². The molecular weight excluding hydrogens is 224 g/mol. The summed E-state index contributed by atoms with van der Waals surface area (Å²) < 4.78 is 0. The fraction of sp³-hybridized carbons (Fsp3) is 0.929. The van der Waals surface area contributed by atoms with Crippen molar-refractivity contribution < 1.29 is 0 Å². The van der Waals surface area contributed by atoms with Gasteiger partial charge in [0, 0.05) is 31.7 Å². The van der Waals surface area contributed by atoms with Gasteiger partial charge in [0.2, 0.25) is 0 Å². The Morgan fingerprint density at radius 2 is 1.89 bits per heavy atom. The molecule has 4 nitrogen and oxygen atoms in total. The molecule has 3 aliphatic rings. The molecule has 2 atom stereocenters. The summed E-state index contributed by atoms with van der Waals surface area (Å²) in [6.45, 7) is 4.26. The molecule has 2 bridgehead atoms. The van der Waals surface area contributed by atoms with Gasteiger partial charge in [0.25, 0.3) is 0 Å². The van der Waals surface area contributed by atoms with Crippen LogP contribution < -0.4 is 5.32 Å².